The van der Waals surface area contributed by atoms with Crippen molar-refractivity contribution in [2.45, 2.75) is 0 Å². The smallest absolute Gasteiger partial charge is 0.269 e. The SMILES string of the molecule is O=[N+]([O-])c1ccc(/C=C/c2c(O)ccc3ccccc23)cc1. The fraction of sp³-hybridized carbons (Fsp3) is 0. The molecule has 0 aliphatic carbocycles. The van der Waals surface area contributed by atoms with Crippen LogP contribution in [-0.2, 0) is 0 Å². The second-order valence-electron chi connectivity index (χ2n) is 4.90. The molecule has 108 valence electrons. The first-order valence-electron chi connectivity index (χ1n) is 6.78. The van der Waals surface area contributed by atoms with Crippen LogP contribution in [0.1, 0.15) is 11.1 Å². The van der Waals surface area contributed by atoms with E-state index in [0.29, 0.717) is 0 Å². The first kappa shape index (κ1) is 13.8. The van der Waals surface area contributed by atoms with Crippen molar-refractivity contribution in [3.8, 4) is 5.75 Å². The van der Waals surface area contributed by atoms with Gasteiger partial charge in [0.1, 0.15) is 5.75 Å². The van der Waals surface area contributed by atoms with Crippen LogP contribution in [0, 0.1) is 10.1 Å². The number of nitro groups is 1. The Bertz CT molecular complexity index is 867. The molecule has 0 aromatic heterocycles. The lowest BCUT2D eigenvalue weighted by atomic mass is 10.0. The normalized spacial score (nSPS) is 11.1. The zero-order valence-electron chi connectivity index (χ0n) is 11.6. The molecule has 0 bridgehead atoms. The number of rotatable bonds is 3. The van der Waals surface area contributed by atoms with E-state index in [4.69, 9.17) is 0 Å². The molecule has 0 fully saturated rings. The number of non-ortho nitro benzene ring substituents is 1. The summed E-state index contributed by atoms with van der Waals surface area (Å²) in [4.78, 5) is 10.2. The summed E-state index contributed by atoms with van der Waals surface area (Å²) in [5.41, 5.74) is 1.62. The fourth-order valence-electron chi connectivity index (χ4n) is 2.35. The highest BCUT2D eigenvalue weighted by Gasteiger charge is 2.05. The van der Waals surface area contributed by atoms with Gasteiger partial charge in [-0.2, -0.15) is 0 Å². The number of phenols is 1. The Labute approximate surface area is 127 Å². The maximum absolute atomic E-state index is 10.6. The average Bonchev–Trinajstić information content (AvgIpc) is 2.54. The predicted octanol–water partition coefficient (Wildman–Crippen LogP) is 4.62. The summed E-state index contributed by atoms with van der Waals surface area (Å²) in [5, 5.41) is 22.7. The number of aromatic hydroxyl groups is 1. The minimum atomic E-state index is -0.427. The number of fused-ring (bicyclic) bond motifs is 1. The van der Waals surface area contributed by atoms with Crippen molar-refractivity contribution in [2.75, 3.05) is 0 Å². The van der Waals surface area contributed by atoms with Gasteiger partial charge in [0.2, 0.25) is 0 Å². The molecular weight excluding hydrogens is 278 g/mol. The molecular formula is C18H13NO3. The van der Waals surface area contributed by atoms with Crippen LogP contribution in [0.4, 0.5) is 5.69 Å². The van der Waals surface area contributed by atoms with Gasteiger partial charge in [0.25, 0.3) is 5.69 Å². The summed E-state index contributed by atoms with van der Waals surface area (Å²) in [6.07, 6.45) is 3.64. The second kappa shape index (κ2) is 5.69. The number of benzene rings is 3. The van der Waals surface area contributed by atoms with E-state index in [1.165, 1.54) is 12.1 Å². The maximum Gasteiger partial charge on any atom is 0.269 e. The van der Waals surface area contributed by atoms with E-state index in [1.807, 2.05) is 42.5 Å². The van der Waals surface area contributed by atoms with Crippen molar-refractivity contribution in [1.82, 2.24) is 0 Å². The molecule has 4 heteroatoms. The molecule has 3 rings (SSSR count). The van der Waals surface area contributed by atoms with Gasteiger partial charge in [-0.05, 0) is 34.5 Å². The highest BCUT2D eigenvalue weighted by molar-refractivity contribution is 5.95. The van der Waals surface area contributed by atoms with Crippen molar-refractivity contribution in [2.24, 2.45) is 0 Å². The van der Waals surface area contributed by atoms with Crippen molar-refractivity contribution < 1.29 is 10.0 Å². The Balaban J connectivity index is 1.98. The molecule has 0 aliphatic heterocycles. The van der Waals surface area contributed by atoms with Crippen LogP contribution >= 0.6 is 0 Å². The first-order chi connectivity index (χ1) is 10.6. The molecule has 3 aromatic rings. The Morgan fingerprint density at radius 3 is 2.36 bits per heavy atom. The summed E-state index contributed by atoms with van der Waals surface area (Å²) >= 11 is 0. The fourth-order valence-corrected chi connectivity index (χ4v) is 2.35. The molecule has 0 saturated carbocycles. The topological polar surface area (TPSA) is 63.4 Å². The molecule has 0 amide bonds. The lowest BCUT2D eigenvalue weighted by molar-refractivity contribution is -0.384. The molecule has 0 spiro atoms. The van der Waals surface area contributed by atoms with Gasteiger partial charge in [-0.25, -0.2) is 0 Å². The number of phenolic OH excluding ortho intramolecular Hbond substituents is 1. The molecule has 0 heterocycles. The van der Waals surface area contributed by atoms with Crippen LogP contribution in [-0.4, -0.2) is 10.0 Å². The number of hydrogen-bond donors (Lipinski definition) is 1. The lowest BCUT2D eigenvalue weighted by Crippen LogP contribution is -1.86. The number of nitrogens with zero attached hydrogens (tertiary/aromatic N) is 1. The average molecular weight is 291 g/mol. The molecule has 4 nitrogen and oxygen atoms in total. The molecule has 0 atom stereocenters. The van der Waals surface area contributed by atoms with E-state index in [-0.39, 0.29) is 11.4 Å². The molecule has 0 radical (unpaired) electrons. The van der Waals surface area contributed by atoms with Crippen LogP contribution in [0.5, 0.6) is 5.75 Å². The number of hydrogen-bond acceptors (Lipinski definition) is 3. The zero-order chi connectivity index (χ0) is 15.5. The molecule has 0 unspecified atom stereocenters. The second-order valence-corrected chi connectivity index (χ2v) is 4.90. The monoisotopic (exact) mass is 291 g/mol. The molecule has 3 aromatic carbocycles. The van der Waals surface area contributed by atoms with Crippen molar-refractivity contribution in [3.63, 3.8) is 0 Å². The Morgan fingerprint density at radius 2 is 1.64 bits per heavy atom. The molecule has 22 heavy (non-hydrogen) atoms. The van der Waals surface area contributed by atoms with Crippen molar-refractivity contribution >= 4 is 28.6 Å². The third-order valence-corrected chi connectivity index (χ3v) is 3.49. The summed E-state index contributed by atoms with van der Waals surface area (Å²) in [6.45, 7) is 0. The largest absolute Gasteiger partial charge is 0.507 e. The van der Waals surface area contributed by atoms with Crippen LogP contribution in [0.3, 0.4) is 0 Å². The maximum atomic E-state index is 10.6. The highest BCUT2D eigenvalue weighted by atomic mass is 16.6. The van der Waals surface area contributed by atoms with E-state index in [1.54, 1.807) is 18.2 Å². The van der Waals surface area contributed by atoms with Crippen LogP contribution in [0.15, 0.2) is 60.7 Å². The third-order valence-electron chi connectivity index (χ3n) is 3.49. The Kier molecular flexibility index (Phi) is 3.58. The number of nitro benzene ring substituents is 1. The van der Waals surface area contributed by atoms with Crippen LogP contribution < -0.4 is 0 Å². The van der Waals surface area contributed by atoms with Gasteiger partial charge in [0.05, 0.1) is 4.92 Å². The van der Waals surface area contributed by atoms with E-state index in [0.717, 1.165) is 21.9 Å². The summed E-state index contributed by atoms with van der Waals surface area (Å²) in [5.74, 6) is 0.205. The van der Waals surface area contributed by atoms with Gasteiger partial charge in [-0.15, -0.1) is 0 Å². The summed E-state index contributed by atoms with van der Waals surface area (Å²) < 4.78 is 0. The van der Waals surface area contributed by atoms with Crippen molar-refractivity contribution in [1.29, 1.82) is 0 Å². The standard InChI is InChI=1S/C18H13NO3/c20-18-12-8-14-3-1-2-4-16(14)17(18)11-7-13-5-9-15(10-6-13)19(21)22/h1-12,20H/b11-7+. The van der Waals surface area contributed by atoms with E-state index in [9.17, 15) is 15.2 Å². The minimum Gasteiger partial charge on any atom is -0.507 e. The Morgan fingerprint density at radius 1 is 0.909 bits per heavy atom. The predicted molar refractivity (Wildman–Crippen MR) is 87.6 cm³/mol. The van der Waals surface area contributed by atoms with Gasteiger partial charge < -0.3 is 5.11 Å². The van der Waals surface area contributed by atoms with Gasteiger partial charge in [0.15, 0.2) is 0 Å². The summed E-state index contributed by atoms with van der Waals surface area (Å²) in [6, 6.07) is 17.6. The molecule has 0 aliphatic rings. The van der Waals surface area contributed by atoms with Gasteiger partial charge in [0, 0.05) is 17.7 Å². The molecule has 0 saturated heterocycles. The van der Waals surface area contributed by atoms with Crippen molar-refractivity contribution in [3.05, 3.63) is 81.9 Å². The lowest BCUT2D eigenvalue weighted by Gasteiger charge is -2.05. The van der Waals surface area contributed by atoms with Crippen LogP contribution in [0.25, 0.3) is 22.9 Å². The highest BCUT2D eigenvalue weighted by Crippen LogP contribution is 2.29. The van der Waals surface area contributed by atoms with Gasteiger partial charge in [-0.1, -0.05) is 42.5 Å². The quantitative estimate of drug-likeness (QED) is 0.435. The Hall–Kier alpha value is -3.14. The van der Waals surface area contributed by atoms with E-state index in [2.05, 4.69) is 0 Å². The van der Waals surface area contributed by atoms with Crippen LogP contribution in [0.2, 0.25) is 0 Å². The zero-order valence-corrected chi connectivity index (χ0v) is 11.6. The molecule has 1 N–H and O–H groups in total. The summed E-state index contributed by atoms with van der Waals surface area (Å²) in [7, 11) is 0. The third kappa shape index (κ3) is 2.67. The first-order valence-corrected chi connectivity index (χ1v) is 6.78. The van der Waals surface area contributed by atoms with E-state index < -0.39 is 4.92 Å². The van der Waals surface area contributed by atoms with Gasteiger partial charge in [-0.3, -0.25) is 10.1 Å². The van der Waals surface area contributed by atoms with E-state index >= 15 is 0 Å². The van der Waals surface area contributed by atoms with Gasteiger partial charge >= 0.3 is 0 Å². The minimum absolute atomic E-state index is 0.0603.